The molecule has 0 unspecified atom stereocenters. The smallest absolute Gasteiger partial charge is 0.255 e. The van der Waals surface area contributed by atoms with Crippen molar-refractivity contribution in [3.8, 4) is 0 Å². The number of carbonyl (C=O) groups excluding carboxylic acids is 3. The molecule has 2 aliphatic rings. The Morgan fingerprint density at radius 3 is 2.54 bits per heavy atom. The highest BCUT2D eigenvalue weighted by Gasteiger charge is 2.34. The van der Waals surface area contributed by atoms with Crippen LogP contribution in [-0.2, 0) is 27.2 Å². The third-order valence-electron chi connectivity index (χ3n) is 9.19. The maximum Gasteiger partial charge on any atom is 0.255 e. The second kappa shape index (κ2) is 15.1. The fourth-order valence-electron chi connectivity index (χ4n) is 6.93. The molecule has 2 N–H and O–H groups in total. The van der Waals surface area contributed by atoms with Crippen LogP contribution < -0.4 is 10.2 Å². The molecule has 2 atom stereocenters. The number of aromatic nitrogens is 1. The highest BCUT2D eigenvalue weighted by atomic mass is 35.5. The lowest BCUT2D eigenvalue weighted by Gasteiger charge is -2.37. The highest BCUT2D eigenvalue weighted by molar-refractivity contribution is 6.33. The summed E-state index contributed by atoms with van der Waals surface area (Å²) < 4.78 is 6.04. The molecule has 3 aromatic carbocycles. The Hall–Kier alpha value is -3.89. The topological polar surface area (TPSA) is 98.0 Å². The third kappa shape index (κ3) is 7.87. The molecule has 2 aliphatic heterocycles. The summed E-state index contributed by atoms with van der Waals surface area (Å²) in [4.78, 5) is 49.9. The van der Waals surface area contributed by atoms with Gasteiger partial charge in [0.25, 0.3) is 5.91 Å². The lowest BCUT2D eigenvalue weighted by molar-refractivity contribution is -0.132. The molecule has 0 saturated carbocycles. The SMILES string of the molecule is CN(C)C[C@@H]1Cc2cc(Cl)ccc2N(C(=O)[C@@H](Cc2c[nH]c3ccccc23)NC(=O)COC2CCN(C(=O)c3ccccc3Cl)CC2)C1. The summed E-state index contributed by atoms with van der Waals surface area (Å²) in [5, 5.41) is 5.09. The van der Waals surface area contributed by atoms with Gasteiger partial charge in [0.15, 0.2) is 0 Å². The van der Waals surface area contributed by atoms with E-state index in [1.807, 2.05) is 61.6 Å². The van der Waals surface area contributed by atoms with Gasteiger partial charge in [0.2, 0.25) is 11.8 Å². The van der Waals surface area contributed by atoms with Gasteiger partial charge in [-0.15, -0.1) is 0 Å². The molecular weight excluding hydrogens is 649 g/mol. The Labute approximate surface area is 291 Å². The summed E-state index contributed by atoms with van der Waals surface area (Å²) in [6.07, 6.45) is 4.05. The first-order valence-electron chi connectivity index (χ1n) is 16.4. The second-order valence-electron chi connectivity index (χ2n) is 13.0. The van der Waals surface area contributed by atoms with Crippen molar-refractivity contribution < 1.29 is 19.1 Å². The van der Waals surface area contributed by atoms with Crippen molar-refractivity contribution in [2.75, 3.05) is 51.8 Å². The number of anilines is 1. The number of nitrogens with one attached hydrogen (secondary N) is 2. The van der Waals surface area contributed by atoms with Gasteiger partial charge in [-0.25, -0.2) is 0 Å². The number of fused-ring (bicyclic) bond motifs is 2. The fourth-order valence-corrected chi connectivity index (χ4v) is 7.34. The first-order chi connectivity index (χ1) is 23.2. The molecule has 0 radical (unpaired) electrons. The van der Waals surface area contributed by atoms with Crippen LogP contribution in [0.1, 0.15) is 34.3 Å². The number of carbonyl (C=O) groups is 3. The molecule has 6 rings (SSSR count). The van der Waals surface area contributed by atoms with Crippen molar-refractivity contribution in [3.05, 3.63) is 99.7 Å². The van der Waals surface area contributed by atoms with E-state index in [0.717, 1.165) is 40.7 Å². The number of aromatic amines is 1. The number of amides is 3. The molecule has 3 heterocycles. The van der Waals surface area contributed by atoms with E-state index in [0.29, 0.717) is 54.5 Å². The summed E-state index contributed by atoms with van der Waals surface area (Å²) >= 11 is 12.6. The zero-order valence-corrected chi connectivity index (χ0v) is 28.8. The van der Waals surface area contributed by atoms with Crippen LogP contribution in [0.3, 0.4) is 0 Å². The molecule has 11 heteroatoms. The number of ether oxygens (including phenoxy) is 1. The Kier molecular flexibility index (Phi) is 10.7. The van der Waals surface area contributed by atoms with Crippen molar-refractivity contribution in [3.63, 3.8) is 0 Å². The van der Waals surface area contributed by atoms with Gasteiger partial charge in [-0.05, 0) is 86.8 Å². The van der Waals surface area contributed by atoms with Gasteiger partial charge in [-0.2, -0.15) is 0 Å². The minimum absolute atomic E-state index is 0.107. The van der Waals surface area contributed by atoms with Crippen LogP contribution in [0.25, 0.3) is 10.9 Å². The summed E-state index contributed by atoms with van der Waals surface area (Å²) in [5.41, 5.74) is 4.24. The van der Waals surface area contributed by atoms with Gasteiger partial charge in [-0.3, -0.25) is 14.4 Å². The predicted octanol–water partition coefficient (Wildman–Crippen LogP) is 5.59. The molecule has 9 nitrogen and oxygen atoms in total. The van der Waals surface area contributed by atoms with Crippen LogP contribution in [0.15, 0.2) is 72.9 Å². The van der Waals surface area contributed by atoms with E-state index >= 15 is 0 Å². The van der Waals surface area contributed by atoms with Crippen molar-refractivity contribution in [2.24, 2.45) is 5.92 Å². The van der Waals surface area contributed by atoms with Crippen LogP contribution in [0.2, 0.25) is 10.0 Å². The van der Waals surface area contributed by atoms with E-state index in [-0.39, 0.29) is 36.4 Å². The van der Waals surface area contributed by atoms with E-state index in [1.54, 1.807) is 35.2 Å². The number of hydrogen-bond acceptors (Lipinski definition) is 5. The number of benzene rings is 3. The number of likely N-dealkylation sites (tertiary alicyclic amines) is 1. The van der Waals surface area contributed by atoms with Gasteiger partial charge in [0.05, 0.1) is 16.7 Å². The van der Waals surface area contributed by atoms with E-state index in [1.165, 1.54) is 0 Å². The van der Waals surface area contributed by atoms with Crippen LogP contribution >= 0.6 is 23.2 Å². The Balaban J connectivity index is 1.15. The summed E-state index contributed by atoms with van der Waals surface area (Å²) in [6, 6.07) is 19.8. The fraction of sp³-hybridized carbons (Fsp3) is 0.378. The highest BCUT2D eigenvalue weighted by Crippen LogP contribution is 2.33. The first kappa shape index (κ1) is 34.0. The average Bonchev–Trinajstić information content (AvgIpc) is 3.48. The third-order valence-corrected chi connectivity index (χ3v) is 9.75. The maximum atomic E-state index is 14.5. The summed E-state index contributed by atoms with van der Waals surface area (Å²) in [7, 11) is 4.06. The van der Waals surface area contributed by atoms with E-state index in [9.17, 15) is 14.4 Å². The van der Waals surface area contributed by atoms with Gasteiger partial charge < -0.3 is 29.7 Å². The summed E-state index contributed by atoms with van der Waals surface area (Å²) in [5.74, 6) is -0.434. The predicted molar refractivity (Wildman–Crippen MR) is 190 cm³/mol. The maximum absolute atomic E-state index is 14.5. The van der Waals surface area contributed by atoms with Crippen LogP contribution in [0.5, 0.6) is 0 Å². The lowest BCUT2D eigenvalue weighted by atomic mass is 9.91. The molecule has 48 heavy (non-hydrogen) atoms. The molecule has 0 aliphatic carbocycles. The van der Waals surface area contributed by atoms with Gasteiger partial charge in [0, 0.05) is 60.4 Å². The lowest BCUT2D eigenvalue weighted by Crippen LogP contribution is -2.54. The largest absolute Gasteiger partial charge is 0.368 e. The minimum Gasteiger partial charge on any atom is -0.368 e. The number of rotatable bonds is 10. The standard InChI is InChI=1S/C37H41Cl2N5O4/c1-42(2)21-24-17-25-18-27(38)11-12-34(25)44(22-24)37(47)33(19-26-20-40-32-10-6-4-7-29(26)32)41-35(45)23-48-28-13-15-43(16-14-28)36(46)30-8-3-5-9-31(30)39/h3-12,18,20,24,28,33,40H,13-17,19,21-23H2,1-2H3,(H,41,45)/t24-,33+/m0/s1. The number of halogens is 2. The number of piperidine rings is 1. The Morgan fingerprint density at radius 1 is 1.02 bits per heavy atom. The second-order valence-corrected chi connectivity index (χ2v) is 13.9. The Bertz CT molecular complexity index is 1780. The molecule has 0 spiro atoms. The zero-order chi connectivity index (χ0) is 33.8. The normalized spacial score (nSPS) is 17.4. The first-order valence-corrected chi connectivity index (χ1v) is 17.2. The van der Waals surface area contributed by atoms with Crippen LogP contribution in [0, 0.1) is 5.92 Å². The zero-order valence-electron chi connectivity index (χ0n) is 27.3. The number of para-hydroxylation sites is 1. The minimum atomic E-state index is -0.822. The monoisotopic (exact) mass is 689 g/mol. The van der Waals surface area contributed by atoms with E-state index in [2.05, 4.69) is 15.2 Å². The molecule has 1 saturated heterocycles. The number of hydrogen-bond donors (Lipinski definition) is 2. The van der Waals surface area contributed by atoms with Crippen LogP contribution in [-0.4, -0.2) is 91.5 Å². The molecule has 1 fully saturated rings. The van der Waals surface area contributed by atoms with Crippen molar-refractivity contribution in [1.82, 2.24) is 20.1 Å². The molecule has 4 aromatic rings. The van der Waals surface area contributed by atoms with Crippen molar-refractivity contribution >= 4 is 57.5 Å². The molecule has 3 amide bonds. The van der Waals surface area contributed by atoms with Crippen molar-refractivity contribution in [1.29, 1.82) is 0 Å². The quantitative estimate of drug-likeness (QED) is 0.226. The van der Waals surface area contributed by atoms with E-state index < -0.39 is 6.04 Å². The molecule has 252 valence electrons. The number of nitrogens with zero attached hydrogens (tertiary/aromatic N) is 3. The van der Waals surface area contributed by atoms with Gasteiger partial charge in [0.1, 0.15) is 12.6 Å². The molecule has 0 bridgehead atoms. The van der Waals surface area contributed by atoms with Gasteiger partial charge in [-0.1, -0.05) is 53.5 Å². The van der Waals surface area contributed by atoms with Crippen molar-refractivity contribution in [2.45, 2.75) is 37.8 Å². The van der Waals surface area contributed by atoms with Crippen LogP contribution in [0.4, 0.5) is 5.69 Å². The Morgan fingerprint density at radius 2 is 1.77 bits per heavy atom. The van der Waals surface area contributed by atoms with E-state index in [4.69, 9.17) is 27.9 Å². The summed E-state index contributed by atoms with van der Waals surface area (Å²) in [6.45, 7) is 2.17. The molecule has 1 aromatic heterocycles. The van der Waals surface area contributed by atoms with Gasteiger partial charge >= 0.3 is 0 Å². The number of H-pyrrole nitrogens is 1. The molecular formula is C37H41Cl2N5O4. The average molecular weight is 691 g/mol.